The number of carboxylic acid groups (broad SMARTS) is 1. The molecule has 0 fully saturated rings. The second-order valence-electron chi connectivity index (χ2n) is 6.25. The van der Waals surface area contributed by atoms with E-state index >= 15 is 0 Å². The van der Waals surface area contributed by atoms with Crippen LogP contribution in [0.5, 0.6) is 0 Å². The molecule has 0 radical (unpaired) electrons. The van der Waals surface area contributed by atoms with E-state index in [1.807, 2.05) is 13.8 Å². The molecule has 6 heteroatoms. The van der Waals surface area contributed by atoms with Crippen molar-refractivity contribution in [1.82, 2.24) is 0 Å². The Morgan fingerprint density at radius 3 is 1.59 bits per heavy atom. The normalized spacial score (nSPS) is 12.7. The number of carbonyl (C=O) groups is 3. The van der Waals surface area contributed by atoms with Crippen molar-refractivity contribution in [3.8, 4) is 0 Å². The summed E-state index contributed by atoms with van der Waals surface area (Å²) in [5.74, 6) is -2.83. The molecule has 0 saturated carbocycles. The number of rotatable bonds is 7. The second-order valence-corrected chi connectivity index (χ2v) is 6.25. The van der Waals surface area contributed by atoms with Crippen LogP contribution in [-0.4, -0.2) is 35.2 Å². The summed E-state index contributed by atoms with van der Waals surface area (Å²) in [5.41, 5.74) is 2.47. The number of carbonyl (C=O) groups excluding carboxylic acids is 2. The third-order valence-corrected chi connectivity index (χ3v) is 4.05. The molecule has 2 aromatic rings. The van der Waals surface area contributed by atoms with Gasteiger partial charge in [0, 0.05) is 0 Å². The Morgan fingerprint density at radius 1 is 0.815 bits per heavy atom. The van der Waals surface area contributed by atoms with E-state index < -0.39 is 30.1 Å². The molecule has 0 bridgehead atoms. The predicted molar refractivity (Wildman–Crippen MR) is 98.7 cm³/mol. The number of aliphatic carboxylic acids is 1. The molecule has 1 N–H and O–H groups in total. The maximum Gasteiger partial charge on any atom is 0.349 e. The Kier molecular flexibility index (Phi) is 6.71. The summed E-state index contributed by atoms with van der Waals surface area (Å²) in [6.07, 6.45) is -2.53. The first-order chi connectivity index (χ1) is 12.8. The maximum absolute atomic E-state index is 12.3. The first-order valence-electron chi connectivity index (χ1n) is 8.60. The van der Waals surface area contributed by atoms with E-state index in [1.54, 1.807) is 55.5 Å². The zero-order valence-electron chi connectivity index (χ0n) is 15.5. The van der Waals surface area contributed by atoms with Crippen molar-refractivity contribution >= 4 is 17.9 Å². The van der Waals surface area contributed by atoms with Gasteiger partial charge in [0.2, 0.25) is 6.10 Å². The molecule has 0 saturated heterocycles. The number of benzene rings is 2. The van der Waals surface area contributed by atoms with Gasteiger partial charge in [-0.1, -0.05) is 42.3 Å². The molecular formula is C21H22O6. The first-order valence-corrected chi connectivity index (χ1v) is 8.60. The fraction of sp³-hybridized carbons (Fsp3) is 0.286. The standard InChI is InChI=1S/C21H22O6/c1-4-17(26-20(24)15-9-5-13(2)6-10-15)18(19(22)23)27-21(25)16-11-7-14(3)8-12-16/h5-12,17-18H,4H2,1-3H3,(H,22,23). The summed E-state index contributed by atoms with van der Waals surface area (Å²) < 4.78 is 10.4. The lowest BCUT2D eigenvalue weighted by molar-refractivity contribution is -0.153. The molecule has 0 spiro atoms. The minimum Gasteiger partial charge on any atom is -0.478 e. The van der Waals surface area contributed by atoms with Gasteiger partial charge in [0.1, 0.15) is 6.10 Å². The van der Waals surface area contributed by atoms with E-state index in [0.717, 1.165) is 11.1 Å². The van der Waals surface area contributed by atoms with Crippen molar-refractivity contribution in [2.24, 2.45) is 0 Å². The monoisotopic (exact) mass is 370 g/mol. The van der Waals surface area contributed by atoms with Gasteiger partial charge in [0.15, 0.2) is 0 Å². The van der Waals surface area contributed by atoms with Crippen LogP contribution in [0.1, 0.15) is 45.2 Å². The highest BCUT2D eigenvalue weighted by atomic mass is 16.6. The van der Waals surface area contributed by atoms with Crippen LogP contribution < -0.4 is 0 Å². The Balaban J connectivity index is 2.13. The van der Waals surface area contributed by atoms with Gasteiger partial charge >= 0.3 is 17.9 Å². The van der Waals surface area contributed by atoms with Gasteiger partial charge in [0.25, 0.3) is 0 Å². The smallest absolute Gasteiger partial charge is 0.349 e. The lowest BCUT2D eigenvalue weighted by Gasteiger charge is -2.23. The molecule has 27 heavy (non-hydrogen) atoms. The Bertz CT molecular complexity index is 808. The number of aryl methyl sites for hydroxylation is 2. The van der Waals surface area contributed by atoms with Crippen LogP contribution in [0.25, 0.3) is 0 Å². The minimum atomic E-state index is -1.60. The van der Waals surface area contributed by atoms with Crippen molar-refractivity contribution < 1.29 is 29.0 Å². The molecule has 142 valence electrons. The number of esters is 2. The van der Waals surface area contributed by atoms with Crippen LogP contribution in [0, 0.1) is 13.8 Å². The Morgan fingerprint density at radius 2 is 1.22 bits per heavy atom. The lowest BCUT2D eigenvalue weighted by atomic mass is 10.1. The number of ether oxygens (including phenoxy) is 2. The predicted octanol–water partition coefficient (Wildman–Crippen LogP) is 3.55. The minimum absolute atomic E-state index is 0.176. The Hall–Kier alpha value is -3.15. The van der Waals surface area contributed by atoms with Gasteiger partial charge in [-0.05, 0) is 44.5 Å². The molecule has 0 aliphatic rings. The lowest BCUT2D eigenvalue weighted by Crippen LogP contribution is -2.40. The Labute approximate surface area is 157 Å². The van der Waals surface area contributed by atoms with E-state index in [-0.39, 0.29) is 12.0 Å². The average Bonchev–Trinajstić information content (AvgIpc) is 2.65. The SMILES string of the molecule is CCC(OC(=O)c1ccc(C)cc1)C(OC(=O)c1ccc(C)cc1)C(=O)O. The van der Waals surface area contributed by atoms with Crippen LogP contribution in [-0.2, 0) is 14.3 Å². The molecule has 0 amide bonds. The average molecular weight is 370 g/mol. The summed E-state index contributed by atoms with van der Waals surface area (Å²) in [6.45, 7) is 5.41. The molecule has 2 aromatic carbocycles. The van der Waals surface area contributed by atoms with E-state index in [2.05, 4.69) is 0 Å². The third-order valence-electron chi connectivity index (χ3n) is 4.05. The fourth-order valence-electron chi connectivity index (χ4n) is 2.41. The highest BCUT2D eigenvalue weighted by Crippen LogP contribution is 2.16. The van der Waals surface area contributed by atoms with Crippen LogP contribution in [0.2, 0.25) is 0 Å². The molecular weight excluding hydrogens is 348 g/mol. The van der Waals surface area contributed by atoms with E-state index in [4.69, 9.17) is 9.47 Å². The topological polar surface area (TPSA) is 89.9 Å². The van der Waals surface area contributed by atoms with E-state index in [9.17, 15) is 19.5 Å². The number of hydrogen-bond donors (Lipinski definition) is 1. The van der Waals surface area contributed by atoms with Crippen LogP contribution in [0.4, 0.5) is 0 Å². The summed E-state index contributed by atoms with van der Waals surface area (Å²) in [6, 6.07) is 13.2. The molecule has 0 aromatic heterocycles. The van der Waals surface area contributed by atoms with Crippen LogP contribution >= 0.6 is 0 Å². The molecule has 0 heterocycles. The highest BCUT2D eigenvalue weighted by Gasteiger charge is 2.34. The summed E-state index contributed by atoms with van der Waals surface area (Å²) >= 11 is 0. The van der Waals surface area contributed by atoms with Crippen molar-refractivity contribution in [2.75, 3.05) is 0 Å². The zero-order chi connectivity index (χ0) is 20.0. The molecule has 0 aliphatic carbocycles. The molecule has 2 atom stereocenters. The van der Waals surface area contributed by atoms with Gasteiger partial charge < -0.3 is 14.6 Å². The molecule has 0 aliphatic heterocycles. The van der Waals surface area contributed by atoms with Crippen molar-refractivity contribution in [3.63, 3.8) is 0 Å². The second kappa shape index (κ2) is 8.98. The van der Waals surface area contributed by atoms with Crippen LogP contribution in [0.3, 0.4) is 0 Å². The summed E-state index contributed by atoms with van der Waals surface area (Å²) in [4.78, 5) is 36.2. The number of hydrogen-bond acceptors (Lipinski definition) is 5. The van der Waals surface area contributed by atoms with Gasteiger partial charge in [0.05, 0.1) is 11.1 Å². The van der Waals surface area contributed by atoms with Gasteiger partial charge in [-0.25, -0.2) is 14.4 Å². The highest BCUT2D eigenvalue weighted by molar-refractivity contribution is 5.92. The van der Waals surface area contributed by atoms with E-state index in [0.29, 0.717) is 5.56 Å². The summed E-state index contributed by atoms with van der Waals surface area (Å²) in [7, 11) is 0. The van der Waals surface area contributed by atoms with E-state index in [1.165, 1.54) is 0 Å². The number of carboxylic acids is 1. The molecule has 2 rings (SSSR count). The van der Waals surface area contributed by atoms with Crippen molar-refractivity contribution in [2.45, 2.75) is 39.4 Å². The van der Waals surface area contributed by atoms with Crippen LogP contribution in [0.15, 0.2) is 48.5 Å². The van der Waals surface area contributed by atoms with Gasteiger partial charge in [-0.3, -0.25) is 0 Å². The maximum atomic E-state index is 12.3. The zero-order valence-corrected chi connectivity index (χ0v) is 15.5. The quantitative estimate of drug-likeness (QED) is 0.750. The molecule has 6 nitrogen and oxygen atoms in total. The molecule has 2 unspecified atom stereocenters. The summed E-state index contributed by atoms with van der Waals surface area (Å²) in [5, 5.41) is 9.47. The fourth-order valence-corrected chi connectivity index (χ4v) is 2.41. The van der Waals surface area contributed by atoms with Crippen molar-refractivity contribution in [1.29, 1.82) is 0 Å². The largest absolute Gasteiger partial charge is 0.478 e. The van der Waals surface area contributed by atoms with Gasteiger partial charge in [-0.15, -0.1) is 0 Å². The first kappa shape index (κ1) is 20.2. The van der Waals surface area contributed by atoms with Gasteiger partial charge in [-0.2, -0.15) is 0 Å². The van der Waals surface area contributed by atoms with Crippen molar-refractivity contribution in [3.05, 3.63) is 70.8 Å². The third kappa shape index (κ3) is 5.41.